The van der Waals surface area contributed by atoms with Gasteiger partial charge in [0.2, 0.25) is 0 Å². The van der Waals surface area contributed by atoms with E-state index < -0.39 is 0 Å². The minimum absolute atomic E-state index is 0. The fraction of sp³-hybridized carbons (Fsp3) is 0.400. The van der Waals surface area contributed by atoms with Crippen LogP contribution < -0.4 is 0 Å². The van der Waals surface area contributed by atoms with Gasteiger partial charge in [0.25, 0.3) is 0 Å². The number of carbonyl (C=O) groups is 1. The number of rotatable bonds is 8. The van der Waals surface area contributed by atoms with E-state index in [9.17, 15) is 9.90 Å². The van der Waals surface area contributed by atoms with Crippen LogP contribution in [0.2, 0.25) is 0 Å². The molecule has 0 unspecified atom stereocenters. The minimum Gasteiger partial charge on any atom is -0.512 e. The average molecular weight is 716 g/mol. The minimum atomic E-state index is -0.337. The molecule has 4 nitrogen and oxygen atoms in total. The van der Waals surface area contributed by atoms with Gasteiger partial charge in [-0.1, -0.05) is 84.9 Å². The van der Waals surface area contributed by atoms with Gasteiger partial charge in [-0.25, -0.2) is 4.98 Å². The molecular formula is C35H43IrN2O2-. The normalized spacial score (nSPS) is 12.1. The van der Waals surface area contributed by atoms with E-state index in [2.05, 4.69) is 71.5 Å². The molecular weight excluding hydrogens is 673 g/mol. The van der Waals surface area contributed by atoms with Crippen molar-refractivity contribution in [1.82, 2.24) is 9.97 Å². The molecule has 0 aliphatic rings. The molecule has 3 aromatic carbocycles. The molecule has 4 aromatic rings. The van der Waals surface area contributed by atoms with Crippen LogP contribution in [0, 0.1) is 30.7 Å². The molecule has 0 fully saturated rings. The molecule has 5 heteroatoms. The van der Waals surface area contributed by atoms with Crippen LogP contribution in [0.4, 0.5) is 0 Å². The van der Waals surface area contributed by atoms with Gasteiger partial charge >= 0.3 is 0 Å². The van der Waals surface area contributed by atoms with Gasteiger partial charge in [-0.15, -0.1) is 35.4 Å². The summed E-state index contributed by atoms with van der Waals surface area (Å²) in [6.07, 6.45) is 4.75. The van der Waals surface area contributed by atoms with Crippen LogP contribution in [0.25, 0.3) is 32.9 Å². The third-order valence-electron chi connectivity index (χ3n) is 8.53. The van der Waals surface area contributed by atoms with Crippen molar-refractivity contribution < 1.29 is 30.0 Å². The average Bonchev–Trinajstić information content (AvgIpc) is 2.96. The number of hydrogen-bond acceptors (Lipinski definition) is 4. The summed E-state index contributed by atoms with van der Waals surface area (Å²) in [6, 6.07) is 22.1. The van der Waals surface area contributed by atoms with E-state index in [1.54, 1.807) is 0 Å². The van der Waals surface area contributed by atoms with Crippen LogP contribution in [0.5, 0.6) is 0 Å². The number of aliphatic hydroxyl groups is 1. The quantitative estimate of drug-likeness (QED) is 0.0855. The van der Waals surface area contributed by atoms with Crippen molar-refractivity contribution in [3.05, 3.63) is 83.9 Å². The van der Waals surface area contributed by atoms with Crippen molar-refractivity contribution in [2.45, 2.75) is 81.1 Å². The van der Waals surface area contributed by atoms with E-state index >= 15 is 0 Å². The molecule has 0 spiro atoms. The molecule has 1 radical (unpaired) electrons. The zero-order chi connectivity index (χ0) is 28.8. The predicted octanol–water partition coefficient (Wildman–Crippen LogP) is 9.51. The predicted molar refractivity (Wildman–Crippen MR) is 164 cm³/mol. The van der Waals surface area contributed by atoms with Gasteiger partial charge < -0.3 is 5.11 Å². The number of aromatic nitrogens is 2. The first-order chi connectivity index (χ1) is 18.5. The van der Waals surface area contributed by atoms with Gasteiger partial charge in [-0.3, -0.25) is 9.78 Å². The molecule has 1 heterocycles. The zero-order valence-corrected chi connectivity index (χ0v) is 27.6. The number of nitrogens with zero attached hydrogens (tertiary/aromatic N) is 2. The first-order valence-electron chi connectivity index (χ1n) is 14.1. The van der Waals surface area contributed by atoms with Gasteiger partial charge in [-0.05, 0) is 49.1 Å². The third kappa shape index (κ3) is 7.25. The maximum Gasteiger partial charge on any atom is 0.164 e. The number of aryl methyl sites for hydroxylation is 2. The molecule has 4 rings (SSSR count). The van der Waals surface area contributed by atoms with E-state index in [1.807, 2.05) is 54.5 Å². The standard InChI is InChI=1S/C20H15N2.C15H28O2.Ir/c1-13-7-9-16(10-8-13)19-18-12-11-15-5-3-4-6-17(15)20(18)22-14(2)21-19;1-7-14(5,8-2)12(16)11-13(17)15(6,9-3)10-4;/h3-9,11-12H,1-2H3;11,16H,7-10H2,1-6H3;/q-1;;/b;12-11-;. The second-order valence-electron chi connectivity index (χ2n) is 11.0. The van der Waals surface area contributed by atoms with Gasteiger partial charge in [-0.2, -0.15) is 0 Å². The fourth-order valence-electron chi connectivity index (χ4n) is 4.51. The van der Waals surface area contributed by atoms with Crippen molar-refractivity contribution in [1.29, 1.82) is 0 Å². The first-order valence-corrected chi connectivity index (χ1v) is 14.1. The Balaban J connectivity index is 0.000000285. The third-order valence-corrected chi connectivity index (χ3v) is 8.53. The van der Waals surface area contributed by atoms with E-state index in [0.717, 1.165) is 53.7 Å². The van der Waals surface area contributed by atoms with Crippen molar-refractivity contribution in [3.63, 3.8) is 0 Å². The Kier molecular flexibility index (Phi) is 11.8. The summed E-state index contributed by atoms with van der Waals surface area (Å²) in [4.78, 5) is 21.5. The molecule has 1 aromatic heterocycles. The molecule has 1 N–H and O–H groups in total. The molecule has 0 atom stereocenters. The zero-order valence-electron chi connectivity index (χ0n) is 25.2. The SMILES string of the molecule is CCC(C)(CC)C(=O)/C=C(\O)C(C)(CC)CC.Cc1c[c-]c(-c2nc(C)nc3c2ccc2ccccc23)cc1.[Ir]. The summed E-state index contributed by atoms with van der Waals surface area (Å²) < 4.78 is 0. The van der Waals surface area contributed by atoms with Gasteiger partial charge in [0.15, 0.2) is 5.78 Å². The molecule has 215 valence electrons. The van der Waals surface area contributed by atoms with Crippen LogP contribution in [0.15, 0.2) is 66.4 Å². The fourth-order valence-corrected chi connectivity index (χ4v) is 4.51. The molecule has 0 saturated heterocycles. The Morgan fingerprint density at radius 3 is 2.05 bits per heavy atom. The number of aliphatic hydroxyl groups excluding tert-OH is 1. The van der Waals surface area contributed by atoms with Gasteiger partial charge in [0.05, 0.1) is 5.52 Å². The van der Waals surface area contributed by atoms with Crippen molar-refractivity contribution in [2.75, 3.05) is 0 Å². The Morgan fingerprint density at radius 2 is 1.48 bits per heavy atom. The number of benzene rings is 3. The largest absolute Gasteiger partial charge is 0.512 e. The summed E-state index contributed by atoms with van der Waals surface area (Å²) in [7, 11) is 0. The van der Waals surface area contributed by atoms with Crippen molar-refractivity contribution >= 4 is 27.5 Å². The van der Waals surface area contributed by atoms with E-state index in [1.165, 1.54) is 22.4 Å². The van der Waals surface area contributed by atoms with E-state index in [0.29, 0.717) is 0 Å². The Labute approximate surface area is 253 Å². The summed E-state index contributed by atoms with van der Waals surface area (Å²) in [5, 5.41) is 13.6. The molecule has 40 heavy (non-hydrogen) atoms. The number of carbonyl (C=O) groups excluding carboxylic acids is 1. The second-order valence-corrected chi connectivity index (χ2v) is 11.0. The molecule has 0 aliphatic carbocycles. The van der Waals surface area contributed by atoms with Crippen LogP contribution in [-0.2, 0) is 24.9 Å². The monoisotopic (exact) mass is 716 g/mol. The Bertz CT molecular complexity index is 1470. The number of ketones is 1. The number of allylic oxidation sites excluding steroid dienone is 2. The van der Waals surface area contributed by atoms with Crippen molar-refractivity contribution in [3.8, 4) is 11.3 Å². The van der Waals surface area contributed by atoms with Crippen LogP contribution in [0.3, 0.4) is 0 Å². The van der Waals surface area contributed by atoms with Gasteiger partial charge in [0.1, 0.15) is 11.6 Å². The summed E-state index contributed by atoms with van der Waals surface area (Å²) >= 11 is 0. The van der Waals surface area contributed by atoms with Crippen LogP contribution in [0.1, 0.15) is 78.6 Å². The van der Waals surface area contributed by atoms with Crippen molar-refractivity contribution in [2.24, 2.45) is 10.8 Å². The maximum absolute atomic E-state index is 12.2. The number of fused-ring (bicyclic) bond motifs is 3. The number of hydrogen-bond donors (Lipinski definition) is 1. The smallest absolute Gasteiger partial charge is 0.164 e. The second kappa shape index (κ2) is 14.1. The maximum atomic E-state index is 12.2. The molecule has 0 bridgehead atoms. The molecule has 0 amide bonds. The topological polar surface area (TPSA) is 63.1 Å². The van der Waals surface area contributed by atoms with Crippen LogP contribution >= 0.6 is 0 Å². The molecule has 0 saturated carbocycles. The Morgan fingerprint density at radius 1 is 0.850 bits per heavy atom. The first kappa shape index (κ1) is 33.3. The summed E-state index contributed by atoms with van der Waals surface area (Å²) in [5.41, 5.74) is 3.57. The van der Waals surface area contributed by atoms with E-state index in [4.69, 9.17) is 0 Å². The van der Waals surface area contributed by atoms with Crippen LogP contribution in [-0.4, -0.2) is 20.9 Å². The van der Waals surface area contributed by atoms with E-state index in [-0.39, 0.29) is 42.5 Å². The molecule has 0 aliphatic heterocycles. The Hall–Kier alpha value is -2.88. The van der Waals surface area contributed by atoms with Gasteiger partial charge in [0, 0.05) is 42.4 Å². The summed E-state index contributed by atoms with van der Waals surface area (Å²) in [6.45, 7) is 16.1. The summed E-state index contributed by atoms with van der Waals surface area (Å²) in [5.74, 6) is 1.07.